The van der Waals surface area contributed by atoms with Crippen LogP contribution >= 0.6 is 11.6 Å². The zero-order valence-corrected chi connectivity index (χ0v) is 13.5. The van der Waals surface area contributed by atoms with E-state index in [9.17, 15) is 0 Å². The minimum Gasteiger partial charge on any atom is -0.496 e. The van der Waals surface area contributed by atoms with E-state index < -0.39 is 0 Å². The van der Waals surface area contributed by atoms with Crippen LogP contribution < -0.4 is 10.1 Å². The minimum absolute atomic E-state index is 0.0447. The Kier molecular flexibility index (Phi) is 4.80. The van der Waals surface area contributed by atoms with Crippen molar-refractivity contribution in [1.29, 1.82) is 0 Å². The lowest BCUT2D eigenvalue weighted by Crippen LogP contribution is -2.35. The molecule has 112 valence electrons. The van der Waals surface area contributed by atoms with E-state index in [-0.39, 0.29) is 5.54 Å². The molecule has 0 spiro atoms. The zero-order chi connectivity index (χ0) is 15.5. The topological polar surface area (TPSA) is 47.0 Å². The summed E-state index contributed by atoms with van der Waals surface area (Å²) in [7, 11) is 1.61. The van der Waals surface area contributed by atoms with Crippen molar-refractivity contribution in [2.75, 3.05) is 7.11 Å². The molecule has 0 aliphatic heterocycles. The van der Waals surface area contributed by atoms with Crippen LogP contribution in [0.2, 0.25) is 5.02 Å². The Morgan fingerprint density at radius 1 is 1.24 bits per heavy atom. The van der Waals surface area contributed by atoms with Crippen LogP contribution in [0.3, 0.4) is 0 Å². The van der Waals surface area contributed by atoms with Gasteiger partial charge in [0.25, 0.3) is 0 Å². The van der Waals surface area contributed by atoms with E-state index in [1.807, 2.05) is 18.2 Å². The van der Waals surface area contributed by atoms with Gasteiger partial charge in [-0.15, -0.1) is 0 Å². The number of benzene rings is 1. The van der Waals surface area contributed by atoms with Crippen molar-refractivity contribution < 1.29 is 4.74 Å². The summed E-state index contributed by atoms with van der Waals surface area (Å²) in [5.74, 6) is 1.31. The second-order valence-corrected chi connectivity index (χ2v) is 6.26. The molecule has 0 radical (unpaired) electrons. The van der Waals surface area contributed by atoms with Crippen LogP contribution in [0.4, 0.5) is 0 Å². The van der Waals surface area contributed by atoms with E-state index in [1.54, 1.807) is 19.4 Å². The number of hydrogen-bond donors (Lipinski definition) is 1. The maximum absolute atomic E-state index is 5.98. The number of aromatic nitrogens is 2. The van der Waals surface area contributed by atoms with Crippen LogP contribution in [0.1, 0.15) is 26.5 Å². The molecule has 1 aromatic heterocycles. The number of rotatable bonds is 4. The largest absolute Gasteiger partial charge is 0.496 e. The molecule has 1 aromatic carbocycles. The summed E-state index contributed by atoms with van der Waals surface area (Å²) in [6.07, 6.45) is 1.76. The second-order valence-electron chi connectivity index (χ2n) is 5.82. The lowest BCUT2D eigenvalue weighted by atomic mass is 10.1. The van der Waals surface area contributed by atoms with Gasteiger partial charge in [-0.3, -0.25) is 0 Å². The first kappa shape index (κ1) is 15.7. The third-order valence-corrected chi connectivity index (χ3v) is 3.15. The maximum Gasteiger partial charge on any atom is 0.163 e. The lowest BCUT2D eigenvalue weighted by Gasteiger charge is -2.20. The highest BCUT2D eigenvalue weighted by molar-refractivity contribution is 6.30. The summed E-state index contributed by atoms with van der Waals surface area (Å²) in [6, 6.07) is 7.35. The van der Waals surface area contributed by atoms with Gasteiger partial charge in [0.1, 0.15) is 5.75 Å². The van der Waals surface area contributed by atoms with Gasteiger partial charge >= 0.3 is 0 Å². The van der Waals surface area contributed by atoms with Gasteiger partial charge in [-0.2, -0.15) is 0 Å². The predicted molar refractivity (Wildman–Crippen MR) is 85.6 cm³/mol. The smallest absolute Gasteiger partial charge is 0.163 e. The maximum atomic E-state index is 5.98. The van der Waals surface area contributed by atoms with Crippen molar-refractivity contribution in [2.45, 2.75) is 32.9 Å². The summed E-state index contributed by atoms with van der Waals surface area (Å²) < 4.78 is 5.35. The van der Waals surface area contributed by atoms with Crippen molar-refractivity contribution >= 4 is 11.6 Å². The summed E-state index contributed by atoms with van der Waals surface area (Å²) >= 11 is 5.98. The molecule has 0 bridgehead atoms. The molecule has 0 unspecified atom stereocenters. The predicted octanol–water partition coefficient (Wildman–Crippen LogP) is 3.69. The van der Waals surface area contributed by atoms with Gasteiger partial charge in [-0.05, 0) is 45.0 Å². The van der Waals surface area contributed by atoms with Gasteiger partial charge in [-0.1, -0.05) is 11.6 Å². The van der Waals surface area contributed by atoms with Gasteiger partial charge in [-0.25, -0.2) is 9.97 Å². The van der Waals surface area contributed by atoms with Crippen molar-refractivity contribution in [3.63, 3.8) is 0 Å². The zero-order valence-electron chi connectivity index (χ0n) is 12.8. The Bertz CT molecular complexity index is 623. The Morgan fingerprint density at radius 2 is 2.00 bits per heavy atom. The van der Waals surface area contributed by atoms with E-state index in [0.717, 1.165) is 11.3 Å². The average Bonchev–Trinajstić information content (AvgIpc) is 2.44. The van der Waals surface area contributed by atoms with Crippen molar-refractivity contribution in [1.82, 2.24) is 15.3 Å². The molecule has 0 saturated carbocycles. The van der Waals surface area contributed by atoms with E-state index >= 15 is 0 Å². The fourth-order valence-corrected chi connectivity index (χ4v) is 1.99. The van der Waals surface area contributed by atoms with Crippen LogP contribution in [-0.2, 0) is 6.54 Å². The van der Waals surface area contributed by atoms with Gasteiger partial charge in [0.05, 0.1) is 18.4 Å². The molecule has 0 aliphatic carbocycles. The number of halogens is 1. The molecule has 0 atom stereocenters. The monoisotopic (exact) mass is 305 g/mol. The van der Waals surface area contributed by atoms with Crippen LogP contribution in [0.5, 0.6) is 5.75 Å². The SMILES string of the molecule is COc1cc(Cl)ccc1-c1nccc(CNC(C)(C)C)n1. The van der Waals surface area contributed by atoms with Gasteiger partial charge in [0.15, 0.2) is 5.82 Å². The quantitative estimate of drug-likeness (QED) is 0.935. The molecule has 0 amide bonds. The van der Waals surface area contributed by atoms with Crippen molar-refractivity contribution in [3.05, 3.63) is 41.2 Å². The highest BCUT2D eigenvalue weighted by Gasteiger charge is 2.12. The van der Waals surface area contributed by atoms with E-state index in [1.165, 1.54) is 0 Å². The standard InChI is InChI=1S/C16H20ClN3O/c1-16(2,3)19-10-12-7-8-18-15(20-12)13-6-5-11(17)9-14(13)21-4/h5-9,19H,10H2,1-4H3. The number of methoxy groups -OCH3 is 1. The van der Waals surface area contributed by atoms with E-state index in [4.69, 9.17) is 16.3 Å². The lowest BCUT2D eigenvalue weighted by molar-refractivity contribution is 0.415. The number of nitrogens with zero attached hydrogens (tertiary/aromatic N) is 2. The molecule has 1 heterocycles. The summed E-state index contributed by atoms with van der Waals surface area (Å²) in [5, 5.41) is 4.04. The average molecular weight is 306 g/mol. The number of hydrogen-bond acceptors (Lipinski definition) is 4. The summed E-state index contributed by atoms with van der Waals surface area (Å²) in [6.45, 7) is 7.06. The Balaban J connectivity index is 2.29. The molecule has 0 fully saturated rings. The Labute approximate surface area is 130 Å². The first-order chi connectivity index (χ1) is 9.89. The third-order valence-electron chi connectivity index (χ3n) is 2.92. The van der Waals surface area contributed by atoms with Crippen LogP contribution in [0.15, 0.2) is 30.5 Å². The molecule has 21 heavy (non-hydrogen) atoms. The first-order valence-electron chi connectivity index (χ1n) is 6.80. The molecule has 5 heteroatoms. The third kappa shape index (κ3) is 4.41. The van der Waals surface area contributed by atoms with E-state index in [0.29, 0.717) is 23.1 Å². The fourth-order valence-electron chi connectivity index (χ4n) is 1.83. The first-order valence-corrected chi connectivity index (χ1v) is 7.18. The van der Waals surface area contributed by atoms with Gasteiger partial charge in [0.2, 0.25) is 0 Å². The molecule has 2 rings (SSSR count). The Hall–Kier alpha value is -1.65. The normalized spacial score (nSPS) is 11.5. The molecule has 2 aromatic rings. The minimum atomic E-state index is 0.0447. The number of nitrogens with one attached hydrogen (secondary N) is 1. The molecule has 1 N–H and O–H groups in total. The number of ether oxygens (including phenoxy) is 1. The molecule has 0 aliphatic rings. The second kappa shape index (κ2) is 6.41. The highest BCUT2D eigenvalue weighted by atomic mass is 35.5. The van der Waals surface area contributed by atoms with Crippen molar-refractivity contribution in [2.24, 2.45) is 0 Å². The fraction of sp³-hybridized carbons (Fsp3) is 0.375. The van der Waals surface area contributed by atoms with Crippen molar-refractivity contribution in [3.8, 4) is 17.1 Å². The van der Waals surface area contributed by atoms with Crippen LogP contribution in [0, 0.1) is 0 Å². The van der Waals surface area contributed by atoms with Crippen LogP contribution in [-0.4, -0.2) is 22.6 Å². The molecular weight excluding hydrogens is 286 g/mol. The van der Waals surface area contributed by atoms with Gasteiger partial charge < -0.3 is 10.1 Å². The molecular formula is C16H20ClN3O. The summed E-state index contributed by atoms with van der Waals surface area (Å²) in [5.41, 5.74) is 1.81. The highest BCUT2D eigenvalue weighted by Crippen LogP contribution is 2.30. The summed E-state index contributed by atoms with van der Waals surface area (Å²) in [4.78, 5) is 8.92. The Morgan fingerprint density at radius 3 is 2.67 bits per heavy atom. The molecule has 0 saturated heterocycles. The van der Waals surface area contributed by atoms with E-state index in [2.05, 4.69) is 36.1 Å². The van der Waals surface area contributed by atoms with Crippen LogP contribution in [0.25, 0.3) is 11.4 Å². The van der Waals surface area contributed by atoms with Gasteiger partial charge in [0, 0.05) is 23.3 Å². The molecule has 4 nitrogen and oxygen atoms in total.